The number of alkyl halides is 3. The van der Waals surface area contributed by atoms with E-state index in [1.54, 1.807) is 6.07 Å². The van der Waals surface area contributed by atoms with E-state index in [0.717, 1.165) is 6.07 Å². The Hall–Kier alpha value is -1.27. The Kier molecular flexibility index (Phi) is 4.25. The molecule has 0 saturated carbocycles. The van der Waals surface area contributed by atoms with Crippen LogP contribution in [0.3, 0.4) is 0 Å². The lowest BCUT2D eigenvalue weighted by molar-refractivity contribution is -0.138. The Morgan fingerprint density at radius 2 is 1.85 bits per heavy atom. The van der Waals surface area contributed by atoms with Crippen molar-refractivity contribution in [2.75, 3.05) is 18.0 Å². The average molecular weight is 289 g/mol. The van der Waals surface area contributed by atoms with Crippen molar-refractivity contribution < 1.29 is 23.0 Å². The summed E-state index contributed by atoms with van der Waals surface area (Å²) in [6, 6.07) is 4.06. The van der Waals surface area contributed by atoms with Gasteiger partial charge in [0.2, 0.25) is 0 Å². The van der Waals surface area contributed by atoms with E-state index in [-0.39, 0.29) is 17.8 Å². The van der Waals surface area contributed by atoms with E-state index in [1.165, 1.54) is 6.07 Å². The number of morpholine rings is 1. The molecule has 6 heteroatoms. The predicted molar refractivity (Wildman–Crippen MR) is 69.6 cm³/mol. The molecule has 1 heterocycles. The number of hydrogen-bond donors (Lipinski definition) is 1. The van der Waals surface area contributed by atoms with Crippen molar-refractivity contribution >= 4 is 5.69 Å². The standard InChI is InChI=1S/C14H18F3NO2/c1-9-6-18(7-10(2)20-9)12-4-3-11(8-19)13(5-12)14(15,16)17/h3-5,9-10,19H,6-8H2,1-2H3. The zero-order chi connectivity index (χ0) is 14.9. The molecule has 2 unspecified atom stereocenters. The summed E-state index contributed by atoms with van der Waals surface area (Å²) in [7, 11) is 0. The van der Waals surface area contributed by atoms with Crippen LogP contribution in [0.1, 0.15) is 25.0 Å². The highest BCUT2D eigenvalue weighted by Crippen LogP contribution is 2.35. The van der Waals surface area contributed by atoms with Crippen LogP contribution in [0, 0.1) is 0 Å². The summed E-state index contributed by atoms with van der Waals surface area (Å²) >= 11 is 0. The number of anilines is 1. The molecule has 1 aliphatic rings. The molecule has 1 aromatic carbocycles. The summed E-state index contributed by atoms with van der Waals surface area (Å²) < 4.78 is 44.5. The lowest BCUT2D eigenvalue weighted by atomic mass is 10.1. The fraction of sp³-hybridized carbons (Fsp3) is 0.571. The van der Waals surface area contributed by atoms with Crippen molar-refractivity contribution in [1.29, 1.82) is 0 Å². The fourth-order valence-electron chi connectivity index (χ4n) is 2.55. The van der Waals surface area contributed by atoms with Gasteiger partial charge in [-0.25, -0.2) is 0 Å². The van der Waals surface area contributed by atoms with E-state index in [9.17, 15) is 13.2 Å². The topological polar surface area (TPSA) is 32.7 Å². The molecule has 0 spiro atoms. The van der Waals surface area contributed by atoms with Crippen LogP contribution in [0.5, 0.6) is 0 Å². The minimum Gasteiger partial charge on any atom is -0.392 e. The second-order valence-corrected chi connectivity index (χ2v) is 5.16. The van der Waals surface area contributed by atoms with E-state index in [2.05, 4.69) is 0 Å². The molecule has 0 amide bonds. The number of aliphatic hydroxyl groups excluding tert-OH is 1. The summed E-state index contributed by atoms with van der Waals surface area (Å²) in [5.41, 5.74) is -0.364. The third-order valence-corrected chi connectivity index (χ3v) is 3.35. The van der Waals surface area contributed by atoms with Gasteiger partial charge >= 0.3 is 6.18 Å². The van der Waals surface area contributed by atoms with Gasteiger partial charge in [-0.3, -0.25) is 0 Å². The van der Waals surface area contributed by atoms with Crippen molar-refractivity contribution in [3.05, 3.63) is 29.3 Å². The smallest absolute Gasteiger partial charge is 0.392 e. The van der Waals surface area contributed by atoms with Crippen LogP contribution < -0.4 is 4.90 Å². The molecule has 1 aromatic rings. The largest absolute Gasteiger partial charge is 0.416 e. The highest BCUT2D eigenvalue weighted by Gasteiger charge is 2.34. The van der Waals surface area contributed by atoms with E-state index in [4.69, 9.17) is 9.84 Å². The lowest BCUT2D eigenvalue weighted by Crippen LogP contribution is -2.45. The van der Waals surface area contributed by atoms with Crippen molar-refractivity contribution in [2.45, 2.75) is 38.8 Å². The maximum Gasteiger partial charge on any atom is 0.416 e. The summed E-state index contributed by atoms with van der Waals surface area (Å²) in [5.74, 6) is 0. The number of ether oxygens (including phenoxy) is 1. The first kappa shape index (κ1) is 15.1. The Bertz CT molecular complexity index is 466. The minimum absolute atomic E-state index is 0.0226. The zero-order valence-corrected chi connectivity index (χ0v) is 11.4. The monoisotopic (exact) mass is 289 g/mol. The quantitative estimate of drug-likeness (QED) is 0.908. The molecule has 1 aliphatic heterocycles. The van der Waals surface area contributed by atoms with Gasteiger partial charge in [-0.05, 0) is 31.5 Å². The van der Waals surface area contributed by atoms with Gasteiger partial charge < -0.3 is 14.7 Å². The average Bonchev–Trinajstić information content (AvgIpc) is 2.35. The number of aliphatic hydroxyl groups is 1. The molecule has 2 atom stereocenters. The van der Waals surface area contributed by atoms with Gasteiger partial charge in [0.05, 0.1) is 24.4 Å². The first-order valence-corrected chi connectivity index (χ1v) is 6.52. The van der Waals surface area contributed by atoms with Crippen LogP contribution in [-0.4, -0.2) is 30.4 Å². The molecule has 0 bridgehead atoms. The Labute approximate surface area is 116 Å². The van der Waals surface area contributed by atoms with Crippen molar-refractivity contribution in [2.24, 2.45) is 0 Å². The molecule has 3 nitrogen and oxygen atoms in total. The summed E-state index contributed by atoms with van der Waals surface area (Å²) in [4.78, 5) is 1.88. The molecule has 0 radical (unpaired) electrons. The van der Waals surface area contributed by atoms with Crippen LogP contribution in [0.25, 0.3) is 0 Å². The molecule has 112 valence electrons. The van der Waals surface area contributed by atoms with Crippen molar-refractivity contribution in [3.63, 3.8) is 0 Å². The van der Waals surface area contributed by atoms with Crippen molar-refractivity contribution in [3.8, 4) is 0 Å². The van der Waals surface area contributed by atoms with Gasteiger partial charge in [0.15, 0.2) is 0 Å². The Morgan fingerprint density at radius 1 is 1.25 bits per heavy atom. The first-order valence-electron chi connectivity index (χ1n) is 6.52. The van der Waals surface area contributed by atoms with Gasteiger partial charge in [-0.2, -0.15) is 13.2 Å². The lowest BCUT2D eigenvalue weighted by Gasteiger charge is -2.37. The van der Waals surface area contributed by atoms with E-state index >= 15 is 0 Å². The number of hydrogen-bond acceptors (Lipinski definition) is 3. The summed E-state index contributed by atoms with van der Waals surface area (Å²) in [5, 5.41) is 9.03. The van der Waals surface area contributed by atoms with Crippen LogP contribution in [0.15, 0.2) is 18.2 Å². The van der Waals surface area contributed by atoms with Crippen LogP contribution in [-0.2, 0) is 17.5 Å². The molecular weight excluding hydrogens is 271 g/mol. The number of rotatable bonds is 2. The summed E-state index contributed by atoms with van der Waals surface area (Å²) in [6.07, 6.45) is -4.51. The molecule has 1 N–H and O–H groups in total. The third-order valence-electron chi connectivity index (χ3n) is 3.35. The van der Waals surface area contributed by atoms with E-state index in [0.29, 0.717) is 18.8 Å². The SMILES string of the molecule is CC1CN(c2ccc(CO)c(C(F)(F)F)c2)CC(C)O1. The highest BCUT2D eigenvalue weighted by atomic mass is 19.4. The molecule has 1 fully saturated rings. The second kappa shape index (κ2) is 5.61. The molecule has 1 saturated heterocycles. The zero-order valence-electron chi connectivity index (χ0n) is 11.4. The predicted octanol–water partition coefficient (Wildman–Crippen LogP) is 2.81. The fourth-order valence-corrected chi connectivity index (χ4v) is 2.55. The highest BCUT2D eigenvalue weighted by molar-refractivity contribution is 5.52. The van der Waals surface area contributed by atoms with Gasteiger partial charge in [-0.1, -0.05) is 6.07 Å². The maximum absolute atomic E-state index is 13.0. The van der Waals surface area contributed by atoms with Gasteiger partial charge in [0.25, 0.3) is 0 Å². The first-order chi connectivity index (χ1) is 9.31. The molecule has 2 rings (SSSR count). The van der Waals surface area contributed by atoms with Crippen molar-refractivity contribution in [1.82, 2.24) is 0 Å². The van der Waals surface area contributed by atoms with Crippen LogP contribution in [0.4, 0.5) is 18.9 Å². The number of benzene rings is 1. The van der Waals surface area contributed by atoms with Gasteiger partial charge in [0, 0.05) is 18.8 Å². The number of nitrogens with zero attached hydrogens (tertiary/aromatic N) is 1. The molecular formula is C14H18F3NO2. The number of halogens is 3. The maximum atomic E-state index is 13.0. The summed E-state index contributed by atoms with van der Waals surface area (Å²) in [6.45, 7) is 4.29. The van der Waals surface area contributed by atoms with Gasteiger partial charge in [0.1, 0.15) is 0 Å². The molecule has 0 aromatic heterocycles. The van der Waals surface area contributed by atoms with Crippen LogP contribution in [0.2, 0.25) is 0 Å². The third kappa shape index (κ3) is 3.24. The van der Waals surface area contributed by atoms with Gasteiger partial charge in [-0.15, -0.1) is 0 Å². The van der Waals surface area contributed by atoms with E-state index in [1.807, 2.05) is 18.7 Å². The second-order valence-electron chi connectivity index (χ2n) is 5.16. The normalized spacial score (nSPS) is 24.0. The minimum atomic E-state index is -4.46. The molecule has 20 heavy (non-hydrogen) atoms. The molecule has 0 aliphatic carbocycles. The van der Waals surface area contributed by atoms with Crippen LogP contribution >= 0.6 is 0 Å². The Balaban J connectivity index is 2.33. The Morgan fingerprint density at radius 3 is 2.35 bits per heavy atom. The van der Waals surface area contributed by atoms with E-state index < -0.39 is 18.3 Å².